The van der Waals surface area contributed by atoms with Crippen molar-refractivity contribution in [3.63, 3.8) is 0 Å². The van der Waals surface area contributed by atoms with Gasteiger partial charge in [-0.2, -0.15) is 40.8 Å². The molecular weight excluding hydrogens is 1750 g/mol. The monoisotopic (exact) mass is 1840 g/mol. The molecule has 10 N–H and O–H groups in total. The SMILES string of the molecule is CCOC1CC(n2cc(NC(=O)c3ccc(-c4cn[nH]c4)o3)c(-c3ccc(F)cn3)n2)C1.CCOC1CC(n2cc(NC(=O)c3ccc(-c4cn[nH]c4)o3)c(-c3ccc(F)cn3)n2)C1.CCO[C@@H]1C[C@H](n2cc(NC(=O)c3ccc(-c4cn[nH]c4)o3)c(-c3ccccn3)n2)C1F.CCO[C@@H]1C[C@H](n2cc(NC(=O)c3ccc(-c4cn[nH]c4)o3)c(-c3ccccn3)n2)C1F.O=CO.O=CO. The van der Waals surface area contributed by atoms with Gasteiger partial charge < -0.3 is 68.1 Å². The Hall–Kier alpha value is -16.2. The van der Waals surface area contributed by atoms with E-state index < -0.39 is 71.9 Å². The number of ether oxygens (including phenoxy) is 4. The minimum absolute atomic E-state index is 0.129. The second-order valence-electron chi connectivity index (χ2n) is 30.2. The lowest BCUT2D eigenvalue weighted by Crippen LogP contribution is -2.46. The first-order valence-corrected chi connectivity index (χ1v) is 42.3. The highest BCUT2D eigenvalue weighted by Gasteiger charge is 2.46. The zero-order chi connectivity index (χ0) is 93.7. The molecule has 4 aliphatic rings. The molecule has 692 valence electrons. The number of hydrogen-bond acceptors (Lipinski definition) is 26. The molecule has 2 unspecified atom stereocenters. The Bertz CT molecular complexity index is 6100. The lowest BCUT2D eigenvalue weighted by atomic mass is 9.87. The quantitative estimate of drug-likeness (QED) is 0.0161. The molecule has 20 rings (SSSR count). The summed E-state index contributed by atoms with van der Waals surface area (Å²) in [6, 6.07) is 29.0. The summed E-state index contributed by atoms with van der Waals surface area (Å²) in [5, 5.41) is 69.8. The van der Waals surface area contributed by atoms with Crippen molar-refractivity contribution in [1.82, 2.24) is 99.8 Å². The lowest BCUT2D eigenvalue weighted by Gasteiger charge is -2.38. The third kappa shape index (κ3) is 21.9. The molecule has 0 radical (unpaired) electrons. The van der Waals surface area contributed by atoms with Crippen LogP contribution in [0.1, 0.15) is 133 Å². The summed E-state index contributed by atoms with van der Waals surface area (Å²) in [5.74, 6) is -0.0161. The van der Waals surface area contributed by atoms with Gasteiger partial charge in [0.2, 0.25) is 0 Å². The third-order valence-corrected chi connectivity index (χ3v) is 21.7. The highest BCUT2D eigenvalue weighted by atomic mass is 19.1. The fourth-order valence-corrected chi connectivity index (χ4v) is 14.8. The average Bonchev–Trinajstić information content (AvgIpc) is 1.61. The van der Waals surface area contributed by atoms with Crippen molar-refractivity contribution in [2.45, 2.75) is 127 Å². The molecule has 4 amide bonds. The number of hydrogen-bond donors (Lipinski definition) is 10. The molecule has 16 aromatic heterocycles. The van der Waals surface area contributed by atoms with Crippen LogP contribution in [0.2, 0.25) is 0 Å². The summed E-state index contributed by atoms with van der Waals surface area (Å²) in [6.45, 7) is 9.39. The number of halogens is 4. The van der Waals surface area contributed by atoms with Crippen molar-refractivity contribution in [2.24, 2.45) is 0 Å². The Morgan fingerprint density at radius 1 is 0.396 bits per heavy atom. The van der Waals surface area contributed by atoms with Crippen LogP contribution in [0.3, 0.4) is 0 Å². The number of aromatic nitrogens is 20. The van der Waals surface area contributed by atoms with Crippen molar-refractivity contribution in [1.29, 1.82) is 0 Å². The maximum absolute atomic E-state index is 14.6. The van der Waals surface area contributed by atoms with E-state index in [1.807, 2.05) is 49.2 Å². The fraction of sp³-hybridized carbons (Fsp3) is 0.267. The van der Waals surface area contributed by atoms with Gasteiger partial charge in [-0.3, -0.25) is 87.8 Å². The molecule has 0 saturated heterocycles. The summed E-state index contributed by atoms with van der Waals surface area (Å²) in [6.07, 6.45) is 27.0. The largest absolute Gasteiger partial charge is 0.483 e. The highest BCUT2D eigenvalue weighted by Crippen LogP contribution is 2.44. The predicted octanol–water partition coefficient (Wildman–Crippen LogP) is 15.3. The molecule has 40 nitrogen and oxygen atoms in total. The summed E-state index contributed by atoms with van der Waals surface area (Å²) >= 11 is 0. The summed E-state index contributed by atoms with van der Waals surface area (Å²) < 4.78 is 107. The number of nitrogens with zero attached hydrogens (tertiary/aromatic N) is 16. The third-order valence-electron chi connectivity index (χ3n) is 21.7. The molecule has 0 spiro atoms. The first-order valence-electron chi connectivity index (χ1n) is 42.3. The van der Waals surface area contributed by atoms with Gasteiger partial charge in [0.25, 0.3) is 36.6 Å². The number of carbonyl (C=O) groups is 6. The number of anilines is 4. The first-order chi connectivity index (χ1) is 65.3. The van der Waals surface area contributed by atoms with E-state index in [9.17, 15) is 36.7 Å². The molecule has 0 aliphatic heterocycles. The van der Waals surface area contributed by atoms with Crippen molar-refractivity contribution in [3.05, 3.63) is 243 Å². The lowest BCUT2D eigenvalue weighted by molar-refractivity contribution is -0.123. The predicted molar refractivity (Wildman–Crippen MR) is 471 cm³/mol. The summed E-state index contributed by atoms with van der Waals surface area (Å²) in [7, 11) is 0. The molecular formula is C90H88F4N24O16. The van der Waals surface area contributed by atoms with Gasteiger partial charge in [-0.1, -0.05) is 12.1 Å². The molecule has 134 heavy (non-hydrogen) atoms. The minimum atomic E-state index is -1.17. The molecule has 4 fully saturated rings. The van der Waals surface area contributed by atoms with Gasteiger partial charge in [0, 0.05) is 101 Å². The van der Waals surface area contributed by atoms with E-state index in [-0.39, 0.29) is 60.3 Å². The number of nitrogens with one attached hydrogen (secondary N) is 8. The Kier molecular flexibility index (Phi) is 30.0. The van der Waals surface area contributed by atoms with Gasteiger partial charge in [-0.25, -0.2) is 17.6 Å². The standard InChI is InChI=1S/4C22H21FN6O3.2CH2O2/c2*1-2-31-16-7-15(8-16)29-12-18(21(28-29)17-4-3-14(23)11-24-17)27-22(30)20-6-5-19(32-20)13-9-25-26-10-13;2*1-2-31-19-9-16(20(19)23)29-12-15(21(28-29)14-5-3-4-8-24-14)27-22(30)18-7-6-17(32-18)13-10-25-26-11-13;2*2-1-3/h2*3-6,9-12,15-16H,2,7-8H2,1H3,(H,25,26)(H,27,30);2*3-8,10-12,16,19-20H,2,9H2,1H3,(H,25,26)(H,27,30);2*1H,(H,2,3)/t;;2*16-,19+,20?;;/m..00../s1. The Balaban J connectivity index is 0.000000133. The molecule has 44 heteroatoms. The Morgan fingerprint density at radius 2 is 0.687 bits per heavy atom. The van der Waals surface area contributed by atoms with Crippen LogP contribution in [-0.2, 0) is 28.5 Å². The van der Waals surface area contributed by atoms with Gasteiger partial charge in [0.15, 0.2) is 23.0 Å². The number of carbonyl (C=O) groups excluding carboxylic acids is 4. The van der Waals surface area contributed by atoms with Crippen LogP contribution in [0.25, 0.3) is 90.8 Å². The first kappa shape index (κ1) is 92.5. The van der Waals surface area contributed by atoms with Crippen molar-refractivity contribution in [2.75, 3.05) is 47.7 Å². The second kappa shape index (κ2) is 43.5. The number of aromatic amines is 4. The summed E-state index contributed by atoms with van der Waals surface area (Å²) in [4.78, 5) is 85.1. The van der Waals surface area contributed by atoms with E-state index in [4.69, 9.17) is 56.4 Å². The van der Waals surface area contributed by atoms with Crippen molar-refractivity contribution in [3.8, 4) is 90.8 Å². The molecule has 0 bridgehead atoms. The normalized spacial score (nSPS) is 18.3. The topological polar surface area (TPSA) is 518 Å². The number of alkyl halides is 2. The van der Waals surface area contributed by atoms with Crippen LogP contribution >= 0.6 is 0 Å². The Labute approximate surface area is 757 Å². The number of carboxylic acid groups (broad SMARTS) is 2. The van der Waals surface area contributed by atoms with Crippen molar-refractivity contribution < 1.29 is 93.2 Å². The van der Waals surface area contributed by atoms with Crippen LogP contribution < -0.4 is 21.3 Å². The number of pyridine rings is 4. The van der Waals surface area contributed by atoms with Gasteiger partial charge >= 0.3 is 0 Å². The van der Waals surface area contributed by atoms with Crippen LogP contribution in [0.5, 0.6) is 0 Å². The smallest absolute Gasteiger partial charge is 0.291 e. The van der Waals surface area contributed by atoms with Gasteiger partial charge in [-0.15, -0.1) is 0 Å². The number of furan rings is 4. The Morgan fingerprint density at radius 3 is 0.940 bits per heavy atom. The molecule has 6 atom stereocenters. The molecule has 16 heterocycles. The average molecular weight is 1840 g/mol. The van der Waals surface area contributed by atoms with Crippen LogP contribution in [0.4, 0.5) is 40.3 Å². The maximum atomic E-state index is 14.6. The zero-order valence-corrected chi connectivity index (χ0v) is 71.9. The van der Waals surface area contributed by atoms with Gasteiger partial charge in [-0.05, 0) is 150 Å². The van der Waals surface area contributed by atoms with Crippen LogP contribution in [0.15, 0.2) is 226 Å². The summed E-state index contributed by atoms with van der Waals surface area (Å²) in [5.41, 5.74) is 8.58. The van der Waals surface area contributed by atoms with Crippen molar-refractivity contribution >= 4 is 59.3 Å². The van der Waals surface area contributed by atoms with Crippen LogP contribution in [-0.4, -0.2) is 210 Å². The molecule has 4 aliphatic carbocycles. The number of H-pyrrole nitrogens is 4. The van der Waals surface area contributed by atoms with E-state index in [2.05, 4.69) is 102 Å². The van der Waals surface area contributed by atoms with E-state index in [0.29, 0.717) is 131 Å². The fourth-order valence-electron chi connectivity index (χ4n) is 14.8. The van der Waals surface area contributed by atoms with E-state index in [1.165, 1.54) is 24.3 Å². The van der Waals surface area contributed by atoms with E-state index >= 15 is 0 Å². The highest BCUT2D eigenvalue weighted by molar-refractivity contribution is 6.07. The zero-order valence-electron chi connectivity index (χ0n) is 71.9. The van der Waals surface area contributed by atoms with Crippen LogP contribution in [0, 0.1) is 11.6 Å². The van der Waals surface area contributed by atoms with E-state index in [0.717, 1.165) is 60.3 Å². The van der Waals surface area contributed by atoms with E-state index in [1.54, 1.807) is 169 Å². The van der Waals surface area contributed by atoms with Gasteiger partial charge in [0.05, 0.1) is 154 Å². The molecule has 4 saturated carbocycles. The minimum Gasteiger partial charge on any atom is -0.483 e. The van der Waals surface area contributed by atoms with Gasteiger partial charge in [0.1, 0.15) is 69.8 Å². The number of amides is 4. The molecule has 16 aromatic rings. The molecule has 0 aromatic carbocycles. The maximum Gasteiger partial charge on any atom is 0.291 e. The number of rotatable bonds is 28. The second-order valence-corrected chi connectivity index (χ2v) is 30.2.